The van der Waals surface area contributed by atoms with Crippen LogP contribution in [0.3, 0.4) is 0 Å². The summed E-state index contributed by atoms with van der Waals surface area (Å²) in [4.78, 5) is 25.6. The molecule has 3 rings (SSSR count). The second-order valence-corrected chi connectivity index (χ2v) is 6.86. The molecule has 0 spiro atoms. The first-order chi connectivity index (χ1) is 12.9. The largest absolute Gasteiger partial charge is 0.489 e. The highest BCUT2D eigenvalue weighted by Crippen LogP contribution is 2.25. The van der Waals surface area contributed by atoms with Gasteiger partial charge in [0.1, 0.15) is 11.9 Å². The summed E-state index contributed by atoms with van der Waals surface area (Å²) in [6.45, 7) is 5.58. The zero-order valence-corrected chi connectivity index (χ0v) is 15.5. The number of nitrogens with one attached hydrogen (secondary N) is 1. The third kappa shape index (κ3) is 4.65. The number of aromatic carboxylic acids is 1. The molecule has 2 atom stereocenters. The average Bonchev–Trinajstić information content (AvgIpc) is 2.83. The van der Waals surface area contributed by atoms with Gasteiger partial charge in [-0.3, -0.25) is 9.69 Å². The number of benzene rings is 2. The summed E-state index contributed by atoms with van der Waals surface area (Å²) in [7, 11) is 0. The van der Waals surface area contributed by atoms with E-state index in [1.54, 1.807) is 12.1 Å². The number of rotatable bonds is 5. The molecule has 1 heterocycles. The first-order valence-corrected chi connectivity index (χ1v) is 9.02. The molecule has 1 aliphatic rings. The average molecular weight is 368 g/mol. The number of amides is 1. The maximum atomic E-state index is 12.6. The number of carboxylic acids is 1. The van der Waals surface area contributed by atoms with Crippen LogP contribution in [0, 0.1) is 0 Å². The van der Waals surface area contributed by atoms with Gasteiger partial charge in [-0.25, -0.2) is 4.79 Å². The second-order valence-electron chi connectivity index (χ2n) is 6.86. The molecule has 0 saturated carbocycles. The molecule has 0 saturated heterocycles. The molecule has 2 aromatic carbocycles. The summed E-state index contributed by atoms with van der Waals surface area (Å²) in [5.41, 5.74) is 2.17. The van der Waals surface area contributed by atoms with E-state index in [0.29, 0.717) is 19.6 Å². The number of fused-ring (bicyclic) bond motifs is 1. The highest BCUT2D eigenvalue weighted by atomic mass is 16.5. The van der Waals surface area contributed by atoms with Gasteiger partial charge < -0.3 is 15.2 Å². The summed E-state index contributed by atoms with van der Waals surface area (Å²) < 4.78 is 5.96. The Morgan fingerprint density at radius 3 is 2.63 bits per heavy atom. The molecule has 2 N–H and O–H groups in total. The fourth-order valence-electron chi connectivity index (χ4n) is 3.18. The van der Waals surface area contributed by atoms with Crippen LogP contribution in [0.4, 0.5) is 0 Å². The van der Waals surface area contributed by atoms with Crippen LogP contribution < -0.4 is 10.1 Å². The van der Waals surface area contributed by atoms with Gasteiger partial charge in [0.05, 0.1) is 11.6 Å². The van der Waals surface area contributed by atoms with Gasteiger partial charge in [-0.05, 0) is 37.6 Å². The summed E-state index contributed by atoms with van der Waals surface area (Å²) in [5.74, 6) is -0.153. The van der Waals surface area contributed by atoms with Crippen molar-refractivity contribution in [3.8, 4) is 5.75 Å². The van der Waals surface area contributed by atoms with Gasteiger partial charge >= 0.3 is 5.97 Å². The topological polar surface area (TPSA) is 78.9 Å². The fourth-order valence-corrected chi connectivity index (χ4v) is 3.18. The standard InChI is InChI=1S/C21H24N2O4/c1-14-12-23(13-18-5-3-4-6-19(18)27-14)15(2)20(24)22-11-16-7-9-17(10-8-16)21(25)26/h3-10,14-15H,11-13H2,1-2H3,(H,22,24)(H,25,26). The monoisotopic (exact) mass is 368 g/mol. The van der Waals surface area contributed by atoms with Crippen LogP contribution in [0.5, 0.6) is 5.75 Å². The zero-order valence-electron chi connectivity index (χ0n) is 15.5. The molecule has 1 amide bonds. The van der Waals surface area contributed by atoms with E-state index in [4.69, 9.17) is 9.84 Å². The molecule has 0 aliphatic carbocycles. The minimum absolute atomic E-state index is 0.00698. The van der Waals surface area contributed by atoms with Crippen molar-refractivity contribution in [3.05, 3.63) is 65.2 Å². The molecular weight excluding hydrogens is 344 g/mol. The smallest absolute Gasteiger partial charge is 0.335 e. The molecule has 6 nitrogen and oxygen atoms in total. The van der Waals surface area contributed by atoms with Crippen molar-refractivity contribution >= 4 is 11.9 Å². The number of ether oxygens (including phenoxy) is 1. The second kappa shape index (κ2) is 8.22. The molecule has 1 aliphatic heterocycles. The molecule has 0 fully saturated rings. The van der Waals surface area contributed by atoms with Crippen molar-refractivity contribution in [2.75, 3.05) is 6.54 Å². The molecule has 0 aromatic heterocycles. The Kier molecular flexibility index (Phi) is 5.76. The van der Waals surface area contributed by atoms with Crippen molar-refractivity contribution < 1.29 is 19.4 Å². The first-order valence-electron chi connectivity index (χ1n) is 9.02. The normalized spacial score (nSPS) is 17.9. The van der Waals surface area contributed by atoms with E-state index in [2.05, 4.69) is 10.2 Å². The Morgan fingerprint density at radius 1 is 1.22 bits per heavy atom. The lowest BCUT2D eigenvalue weighted by atomic mass is 10.1. The Hall–Kier alpha value is -2.86. The lowest BCUT2D eigenvalue weighted by molar-refractivity contribution is -0.126. The predicted molar refractivity (Wildman–Crippen MR) is 102 cm³/mol. The minimum atomic E-state index is -0.961. The number of nitrogens with zero attached hydrogens (tertiary/aromatic N) is 1. The molecule has 27 heavy (non-hydrogen) atoms. The van der Waals surface area contributed by atoms with Crippen LogP contribution in [-0.2, 0) is 17.9 Å². The Bertz CT molecular complexity index is 819. The van der Waals surface area contributed by atoms with Crippen LogP contribution in [0.15, 0.2) is 48.5 Å². The minimum Gasteiger partial charge on any atom is -0.489 e. The number of carbonyl (C=O) groups excluding carboxylic acids is 1. The van der Waals surface area contributed by atoms with E-state index in [1.165, 1.54) is 12.1 Å². The molecule has 6 heteroatoms. The van der Waals surface area contributed by atoms with Gasteiger partial charge in [0, 0.05) is 25.2 Å². The maximum absolute atomic E-state index is 12.6. The molecule has 2 unspecified atom stereocenters. The number of hydrogen-bond acceptors (Lipinski definition) is 4. The van der Waals surface area contributed by atoms with Gasteiger partial charge in [0.25, 0.3) is 0 Å². The summed E-state index contributed by atoms with van der Waals surface area (Å²) in [6, 6.07) is 14.1. The predicted octanol–water partition coefficient (Wildman–Crippen LogP) is 2.67. The van der Waals surface area contributed by atoms with Gasteiger partial charge in [-0.2, -0.15) is 0 Å². The van der Waals surface area contributed by atoms with E-state index in [9.17, 15) is 9.59 Å². The molecule has 0 bridgehead atoms. The Morgan fingerprint density at radius 2 is 1.93 bits per heavy atom. The summed E-state index contributed by atoms with van der Waals surface area (Å²) in [5, 5.41) is 11.9. The van der Waals surface area contributed by atoms with Crippen molar-refractivity contribution in [2.45, 2.75) is 39.1 Å². The molecule has 0 radical (unpaired) electrons. The number of hydrogen-bond donors (Lipinski definition) is 2. The van der Waals surface area contributed by atoms with E-state index < -0.39 is 5.97 Å². The Balaban J connectivity index is 1.62. The Labute approximate surface area is 158 Å². The molecule has 142 valence electrons. The third-order valence-electron chi connectivity index (χ3n) is 4.76. The molecular formula is C21H24N2O4. The van der Waals surface area contributed by atoms with Crippen LogP contribution in [0.2, 0.25) is 0 Å². The SMILES string of the molecule is CC1CN(C(C)C(=O)NCc2ccc(C(=O)O)cc2)Cc2ccccc2O1. The quantitative estimate of drug-likeness (QED) is 0.848. The van der Waals surface area contributed by atoms with E-state index in [0.717, 1.165) is 16.9 Å². The van der Waals surface area contributed by atoms with E-state index in [-0.39, 0.29) is 23.6 Å². The number of carbonyl (C=O) groups is 2. The van der Waals surface area contributed by atoms with Crippen molar-refractivity contribution in [3.63, 3.8) is 0 Å². The number of carboxylic acid groups (broad SMARTS) is 1. The van der Waals surface area contributed by atoms with Crippen LogP contribution in [0.1, 0.15) is 35.3 Å². The van der Waals surface area contributed by atoms with Crippen LogP contribution in [0.25, 0.3) is 0 Å². The lowest BCUT2D eigenvalue weighted by Crippen LogP contribution is -2.46. The van der Waals surface area contributed by atoms with Crippen molar-refractivity contribution in [1.29, 1.82) is 0 Å². The van der Waals surface area contributed by atoms with Crippen molar-refractivity contribution in [1.82, 2.24) is 10.2 Å². The van der Waals surface area contributed by atoms with Crippen molar-refractivity contribution in [2.24, 2.45) is 0 Å². The number of para-hydroxylation sites is 1. The fraction of sp³-hybridized carbons (Fsp3) is 0.333. The van der Waals surface area contributed by atoms with Gasteiger partial charge in [0.15, 0.2) is 0 Å². The highest BCUT2D eigenvalue weighted by molar-refractivity contribution is 5.87. The summed E-state index contributed by atoms with van der Waals surface area (Å²) in [6.07, 6.45) is -0.00698. The third-order valence-corrected chi connectivity index (χ3v) is 4.76. The maximum Gasteiger partial charge on any atom is 0.335 e. The van der Waals surface area contributed by atoms with Gasteiger partial charge in [-0.15, -0.1) is 0 Å². The molecule has 2 aromatic rings. The van der Waals surface area contributed by atoms with E-state index >= 15 is 0 Å². The zero-order chi connectivity index (χ0) is 19.4. The van der Waals surface area contributed by atoms with Gasteiger partial charge in [-0.1, -0.05) is 30.3 Å². The van der Waals surface area contributed by atoms with Gasteiger partial charge in [0.2, 0.25) is 5.91 Å². The first kappa shape index (κ1) is 18.9. The summed E-state index contributed by atoms with van der Waals surface area (Å²) >= 11 is 0. The lowest BCUT2D eigenvalue weighted by Gasteiger charge is -2.27. The van der Waals surface area contributed by atoms with Crippen LogP contribution in [-0.4, -0.2) is 40.6 Å². The van der Waals surface area contributed by atoms with E-state index in [1.807, 2.05) is 38.1 Å². The highest BCUT2D eigenvalue weighted by Gasteiger charge is 2.27. The van der Waals surface area contributed by atoms with Crippen LogP contribution >= 0.6 is 0 Å².